The summed E-state index contributed by atoms with van der Waals surface area (Å²) in [5.41, 5.74) is 3.79. The molecule has 0 aliphatic carbocycles. The molecule has 3 aromatic carbocycles. The van der Waals surface area contributed by atoms with Crippen molar-refractivity contribution in [2.75, 3.05) is 18.4 Å². The van der Waals surface area contributed by atoms with Crippen molar-refractivity contribution in [3.8, 4) is 11.8 Å². The Hall–Kier alpha value is -4.11. The van der Waals surface area contributed by atoms with E-state index in [1.165, 1.54) is 5.56 Å². The number of rotatable bonds is 4. The number of nitriles is 1. The standard InChI is InChI=1S/C27H25N3O3/c1-19-7-10-23(17-25(19)29-27(32)33-24-5-3-2-4-6-24)26(31)30-15-13-22(14-16-30)21-11-8-20(18-28)9-12-21/h2-12,17,22H,13-16H2,1H3,(H,29,32). The summed E-state index contributed by atoms with van der Waals surface area (Å²) in [6, 6.07) is 24.0. The first-order valence-corrected chi connectivity index (χ1v) is 11.0. The van der Waals surface area contributed by atoms with Gasteiger partial charge in [0.1, 0.15) is 5.75 Å². The monoisotopic (exact) mass is 439 g/mol. The molecule has 166 valence electrons. The molecule has 0 unspecified atom stereocenters. The van der Waals surface area contributed by atoms with Gasteiger partial charge in [-0.05, 0) is 73.2 Å². The molecular weight excluding hydrogens is 414 g/mol. The maximum absolute atomic E-state index is 13.1. The predicted octanol–water partition coefficient (Wildman–Crippen LogP) is 5.50. The molecule has 0 bridgehead atoms. The van der Waals surface area contributed by atoms with Gasteiger partial charge < -0.3 is 9.64 Å². The minimum atomic E-state index is -0.600. The fourth-order valence-corrected chi connectivity index (χ4v) is 4.05. The van der Waals surface area contributed by atoms with Crippen molar-refractivity contribution in [2.24, 2.45) is 0 Å². The van der Waals surface area contributed by atoms with Crippen LogP contribution in [-0.2, 0) is 0 Å². The molecule has 6 nitrogen and oxygen atoms in total. The lowest BCUT2D eigenvalue weighted by atomic mass is 9.89. The van der Waals surface area contributed by atoms with Crippen molar-refractivity contribution < 1.29 is 14.3 Å². The molecule has 33 heavy (non-hydrogen) atoms. The smallest absolute Gasteiger partial charge is 0.410 e. The molecule has 1 aliphatic rings. The summed E-state index contributed by atoms with van der Waals surface area (Å²) in [6.45, 7) is 3.20. The summed E-state index contributed by atoms with van der Waals surface area (Å²) in [6.07, 6.45) is 1.15. The molecule has 1 saturated heterocycles. The number of nitrogens with one attached hydrogen (secondary N) is 1. The highest BCUT2D eigenvalue weighted by molar-refractivity contribution is 5.97. The van der Waals surface area contributed by atoms with Gasteiger partial charge in [-0.2, -0.15) is 5.26 Å². The highest BCUT2D eigenvalue weighted by atomic mass is 16.6. The van der Waals surface area contributed by atoms with E-state index in [4.69, 9.17) is 10.00 Å². The van der Waals surface area contributed by atoms with Gasteiger partial charge in [-0.25, -0.2) is 4.79 Å². The van der Waals surface area contributed by atoms with Crippen LogP contribution in [0.25, 0.3) is 0 Å². The van der Waals surface area contributed by atoms with Crippen molar-refractivity contribution in [3.63, 3.8) is 0 Å². The summed E-state index contributed by atoms with van der Waals surface area (Å²) < 4.78 is 5.30. The zero-order valence-electron chi connectivity index (χ0n) is 18.5. The van der Waals surface area contributed by atoms with Gasteiger partial charge in [0.25, 0.3) is 5.91 Å². The van der Waals surface area contributed by atoms with Gasteiger partial charge in [-0.3, -0.25) is 10.1 Å². The molecule has 1 aliphatic heterocycles. The van der Waals surface area contributed by atoms with E-state index >= 15 is 0 Å². The molecule has 1 N–H and O–H groups in total. The van der Waals surface area contributed by atoms with Gasteiger partial charge in [0, 0.05) is 24.3 Å². The number of ether oxygens (including phenoxy) is 1. The van der Waals surface area contributed by atoms with E-state index in [1.807, 2.05) is 48.2 Å². The first kappa shape index (κ1) is 22.1. The van der Waals surface area contributed by atoms with Crippen molar-refractivity contribution in [1.29, 1.82) is 5.26 Å². The average molecular weight is 440 g/mol. The molecule has 0 spiro atoms. The third-order valence-corrected chi connectivity index (χ3v) is 5.97. The Labute approximate surface area is 193 Å². The Bertz CT molecular complexity index is 1180. The van der Waals surface area contributed by atoms with Crippen LogP contribution >= 0.6 is 0 Å². The quantitative estimate of drug-likeness (QED) is 0.582. The number of nitrogens with zero attached hydrogens (tertiary/aromatic N) is 2. The van der Waals surface area contributed by atoms with E-state index in [1.54, 1.807) is 36.4 Å². The number of carbonyl (C=O) groups excluding carboxylic acids is 2. The van der Waals surface area contributed by atoms with Gasteiger partial charge in [0.05, 0.1) is 11.6 Å². The van der Waals surface area contributed by atoms with Crippen LogP contribution < -0.4 is 10.1 Å². The van der Waals surface area contributed by atoms with Crippen molar-refractivity contribution >= 4 is 17.7 Å². The Morgan fingerprint density at radius 1 is 1.00 bits per heavy atom. The maximum atomic E-state index is 13.1. The zero-order chi connectivity index (χ0) is 23.2. The topological polar surface area (TPSA) is 82.4 Å². The number of hydrogen-bond acceptors (Lipinski definition) is 4. The molecule has 0 saturated carbocycles. The van der Waals surface area contributed by atoms with E-state index in [0.717, 1.165) is 18.4 Å². The largest absolute Gasteiger partial charge is 0.417 e. The maximum Gasteiger partial charge on any atom is 0.417 e. The lowest BCUT2D eigenvalue weighted by molar-refractivity contribution is 0.0713. The van der Waals surface area contributed by atoms with Crippen LogP contribution in [0.1, 0.15) is 45.8 Å². The number of aryl methyl sites for hydroxylation is 1. The normalized spacial score (nSPS) is 13.8. The molecule has 1 fully saturated rings. The third-order valence-electron chi connectivity index (χ3n) is 5.97. The Kier molecular flexibility index (Phi) is 6.70. The Balaban J connectivity index is 1.38. The molecule has 6 heteroatoms. The molecule has 2 amide bonds. The summed E-state index contributed by atoms with van der Waals surface area (Å²) in [7, 11) is 0. The zero-order valence-corrected chi connectivity index (χ0v) is 18.5. The Morgan fingerprint density at radius 3 is 2.36 bits per heavy atom. The van der Waals surface area contributed by atoms with Gasteiger partial charge in [-0.1, -0.05) is 36.4 Å². The van der Waals surface area contributed by atoms with E-state index < -0.39 is 6.09 Å². The van der Waals surface area contributed by atoms with Gasteiger partial charge in [0.2, 0.25) is 0 Å². The number of likely N-dealkylation sites (tertiary alicyclic amines) is 1. The third kappa shape index (κ3) is 5.39. The van der Waals surface area contributed by atoms with Crippen molar-refractivity contribution in [1.82, 2.24) is 4.90 Å². The van der Waals surface area contributed by atoms with Crippen LogP contribution in [0.15, 0.2) is 72.8 Å². The van der Waals surface area contributed by atoms with Gasteiger partial charge in [0.15, 0.2) is 0 Å². The number of hydrogen-bond donors (Lipinski definition) is 1. The molecular formula is C27H25N3O3. The first-order valence-electron chi connectivity index (χ1n) is 11.0. The minimum Gasteiger partial charge on any atom is -0.410 e. The number of piperidine rings is 1. The first-order chi connectivity index (χ1) is 16.0. The Morgan fingerprint density at radius 2 is 1.70 bits per heavy atom. The lowest BCUT2D eigenvalue weighted by Gasteiger charge is -2.32. The predicted molar refractivity (Wildman–Crippen MR) is 126 cm³/mol. The van der Waals surface area contributed by atoms with Crippen LogP contribution in [0.2, 0.25) is 0 Å². The van der Waals surface area contributed by atoms with Crippen LogP contribution in [0.5, 0.6) is 5.75 Å². The second kappa shape index (κ2) is 10.0. The summed E-state index contributed by atoms with van der Waals surface area (Å²) in [5.74, 6) is 0.780. The number of para-hydroxylation sites is 1. The summed E-state index contributed by atoms with van der Waals surface area (Å²) in [4.78, 5) is 27.3. The van der Waals surface area contributed by atoms with Crippen LogP contribution in [0.3, 0.4) is 0 Å². The van der Waals surface area contributed by atoms with Crippen LogP contribution in [0, 0.1) is 18.3 Å². The molecule has 0 atom stereocenters. The molecule has 0 radical (unpaired) electrons. The highest BCUT2D eigenvalue weighted by Crippen LogP contribution is 2.29. The fourth-order valence-electron chi connectivity index (χ4n) is 4.05. The minimum absolute atomic E-state index is 0.0484. The second-order valence-electron chi connectivity index (χ2n) is 8.16. The molecule has 0 aromatic heterocycles. The average Bonchev–Trinajstić information content (AvgIpc) is 2.86. The lowest BCUT2D eigenvalue weighted by Crippen LogP contribution is -2.38. The van der Waals surface area contributed by atoms with Crippen molar-refractivity contribution in [2.45, 2.75) is 25.7 Å². The number of anilines is 1. The fraction of sp³-hybridized carbons (Fsp3) is 0.222. The highest BCUT2D eigenvalue weighted by Gasteiger charge is 2.25. The summed E-state index contributed by atoms with van der Waals surface area (Å²) in [5, 5.41) is 11.7. The molecule has 4 rings (SSSR count). The van der Waals surface area contributed by atoms with Gasteiger partial charge in [-0.15, -0.1) is 0 Å². The molecule has 1 heterocycles. The molecule has 3 aromatic rings. The van der Waals surface area contributed by atoms with Crippen LogP contribution in [0.4, 0.5) is 10.5 Å². The van der Waals surface area contributed by atoms with E-state index in [9.17, 15) is 9.59 Å². The van der Waals surface area contributed by atoms with Gasteiger partial charge >= 0.3 is 6.09 Å². The van der Waals surface area contributed by atoms with E-state index in [0.29, 0.717) is 41.6 Å². The second-order valence-corrected chi connectivity index (χ2v) is 8.16. The number of carbonyl (C=O) groups is 2. The van der Waals surface area contributed by atoms with E-state index in [2.05, 4.69) is 11.4 Å². The van der Waals surface area contributed by atoms with E-state index in [-0.39, 0.29) is 5.91 Å². The van der Waals surface area contributed by atoms with Crippen molar-refractivity contribution in [3.05, 3.63) is 95.1 Å². The SMILES string of the molecule is Cc1ccc(C(=O)N2CCC(c3ccc(C#N)cc3)CC2)cc1NC(=O)Oc1ccccc1. The number of amides is 2. The summed E-state index contributed by atoms with van der Waals surface area (Å²) >= 11 is 0. The number of benzene rings is 3. The van der Waals surface area contributed by atoms with Crippen LogP contribution in [-0.4, -0.2) is 30.0 Å².